The number of aryl methyl sites for hydroxylation is 1. The van der Waals surface area contributed by atoms with Gasteiger partial charge in [-0.15, -0.1) is 0 Å². The topological polar surface area (TPSA) is 78.4 Å². The zero-order valence-electron chi connectivity index (χ0n) is 11.7. The Labute approximate surface area is 125 Å². The molecule has 0 aromatic heterocycles. The predicted molar refractivity (Wildman–Crippen MR) is 84.3 cm³/mol. The van der Waals surface area contributed by atoms with Crippen LogP contribution in [-0.4, -0.2) is 21.6 Å². The molecule has 0 saturated heterocycles. The third-order valence-electron chi connectivity index (χ3n) is 2.90. The van der Waals surface area contributed by atoms with Gasteiger partial charge in [0.1, 0.15) is 5.75 Å². The van der Waals surface area contributed by atoms with Crippen LogP contribution in [0, 0.1) is 6.92 Å². The van der Waals surface area contributed by atoms with Gasteiger partial charge < -0.3 is 15.7 Å². The molecule has 0 spiro atoms. The molecule has 0 fully saturated rings. The van der Waals surface area contributed by atoms with Gasteiger partial charge in [-0.25, -0.2) is 4.79 Å². The Bertz CT molecular complexity index is 684. The fourth-order valence-electron chi connectivity index (χ4n) is 1.80. The van der Waals surface area contributed by atoms with Crippen LogP contribution in [0.5, 0.6) is 5.75 Å². The highest BCUT2D eigenvalue weighted by Gasteiger charge is 2.06. The molecule has 0 radical (unpaired) electrons. The summed E-state index contributed by atoms with van der Waals surface area (Å²) < 4.78 is 11.3. The van der Waals surface area contributed by atoms with Crippen molar-refractivity contribution in [1.82, 2.24) is 0 Å². The van der Waals surface area contributed by atoms with E-state index in [2.05, 4.69) is 10.6 Å². The summed E-state index contributed by atoms with van der Waals surface area (Å²) in [6.45, 7) is 1.79. The maximum Gasteiger partial charge on any atom is 0.323 e. The molecule has 5 nitrogen and oxygen atoms in total. The second kappa shape index (κ2) is 6.41. The van der Waals surface area contributed by atoms with Gasteiger partial charge in [0, 0.05) is 33.3 Å². The molecule has 6 heteroatoms. The van der Waals surface area contributed by atoms with Crippen LogP contribution in [-0.2, 0) is 10.8 Å². The molecule has 21 heavy (non-hydrogen) atoms. The number of hydrogen-bond acceptors (Lipinski definition) is 3. The highest BCUT2D eigenvalue weighted by atomic mass is 32.2. The highest BCUT2D eigenvalue weighted by Crippen LogP contribution is 2.20. The summed E-state index contributed by atoms with van der Waals surface area (Å²) in [5.74, 6) is 0.154. The lowest BCUT2D eigenvalue weighted by molar-refractivity contribution is 0.262. The van der Waals surface area contributed by atoms with E-state index in [-0.39, 0.29) is 11.8 Å². The van der Waals surface area contributed by atoms with Crippen LogP contribution < -0.4 is 10.6 Å². The van der Waals surface area contributed by atoms with E-state index in [9.17, 15) is 14.1 Å². The molecule has 2 aromatic carbocycles. The average Bonchev–Trinajstić information content (AvgIpc) is 2.42. The second-order valence-corrected chi connectivity index (χ2v) is 5.94. The normalized spacial score (nSPS) is 11.7. The third kappa shape index (κ3) is 4.06. The quantitative estimate of drug-likeness (QED) is 0.762. The van der Waals surface area contributed by atoms with Crippen molar-refractivity contribution in [3.05, 3.63) is 48.0 Å². The minimum atomic E-state index is -1.04. The largest absolute Gasteiger partial charge is 0.508 e. The maximum absolute atomic E-state index is 11.9. The van der Waals surface area contributed by atoms with E-state index < -0.39 is 10.8 Å². The number of anilines is 2. The number of phenols is 1. The maximum atomic E-state index is 11.9. The number of aromatic hydroxyl groups is 1. The fraction of sp³-hybridized carbons (Fsp3) is 0.133. The Balaban J connectivity index is 2.02. The van der Waals surface area contributed by atoms with E-state index >= 15 is 0 Å². The number of rotatable bonds is 3. The van der Waals surface area contributed by atoms with Gasteiger partial charge in [0.2, 0.25) is 0 Å². The molecule has 0 saturated carbocycles. The van der Waals surface area contributed by atoms with Crippen LogP contribution >= 0.6 is 0 Å². The lowest BCUT2D eigenvalue weighted by Gasteiger charge is -2.10. The van der Waals surface area contributed by atoms with Gasteiger partial charge in [-0.05, 0) is 55.0 Å². The minimum absolute atomic E-state index is 0.154. The van der Waals surface area contributed by atoms with E-state index in [0.29, 0.717) is 16.3 Å². The zero-order valence-corrected chi connectivity index (χ0v) is 12.5. The number of carbonyl (C=O) groups excluding carboxylic acids is 1. The first kappa shape index (κ1) is 15.1. The van der Waals surface area contributed by atoms with Gasteiger partial charge in [-0.2, -0.15) is 0 Å². The van der Waals surface area contributed by atoms with E-state index in [1.807, 2.05) is 0 Å². The van der Waals surface area contributed by atoms with Crippen molar-refractivity contribution >= 4 is 28.2 Å². The van der Waals surface area contributed by atoms with Gasteiger partial charge in [0.05, 0.1) is 0 Å². The van der Waals surface area contributed by atoms with Crippen molar-refractivity contribution in [1.29, 1.82) is 0 Å². The summed E-state index contributed by atoms with van der Waals surface area (Å²) in [6, 6.07) is 11.1. The first-order valence-corrected chi connectivity index (χ1v) is 7.82. The van der Waals surface area contributed by atoms with Crippen molar-refractivity contribution in [2.24, 2.45) is 0 Å². The van der Waals surface area contributed by atoms with E-state index in [0.717, 1.165) is 5.56 Å². The Kier molecular flexibility index (Phi) is 4.59. The van der Waals surface area contributed by atoms with Gasteiger partial charge in [-0.3, -0.25) is 4.21 Å². The second-order valence-electron chi connectivity index (χ2n) is 4.56. The number of carbonyl (C=O) groups is 1. The summed E-state index contributed by atoms with van der Waals surface area (Å²) >= 11 is 0. The molecular formula is C15H16N2O3S. The smallest absolute Gasteiger partial charge is 0.323 e. The van der Waals surface area contributed by atoms with Crippen molar-refractivity contribution in [3.63, 3.8) is 0 Å². The molecule has 1 atom stereocenters. The Morgan fingerprint density at radius 2 is 1.76 bits per heavy atom. The van der Waals surface area contributed by atoms with Crippen LogP contribution in [0.1, 0.15) is 5.56 Å². The molecule has 2 aromatic rings. The molecule has 0 aliphatic rings. The van der Waals surface area contributed by atoms with Crippen molar-refractivity contribution in [3.8, 4) is 5.75 Å². The van der Waals surface area contributed by atoms with Crippen LogP contribution in [0.2, 0.25) is 0 Å². The number of urea groups is 1. The third-order valence-corrected chi connectivity index (χ3v) is 3.84. The summed E-state index contributed by atoms with van der Waals surface area (Å²) in [5, 5.41) is 14.7. The van der Waals surface area contributed by atoms with Gasteiger partial charge in [0.15, 0.2) is 0 Å². The molecule has 0 unspecified atom stereocenters. The molecule has 110 valence electrons. The van der Waals surface area contributed by atoms with Gasteiger partial charge in [0.25, 0.3) is 0 Å². The van der Waals surface area contributed by atoms with Crippen molar-refractivity contribution < 1.29 is 14.1 Å². The summed E-state index contributed by atoms with van der Waals surface area (Å²) in [7, 11) is -1.04. The summed E-state index contributed by atoms with van der Waals surface area (Å²) in [4.78, 5) is 12.6. The molecule has 0 aliphatic carbocycles. The Hall–Kier alpha value is -2.34. The predicted octanol–water partition coefficient (Wildman–Crippen LogP) is 3.08. The number of nitrogens with one attached hydrogen (secondary N) is 2. The Morgan fingerprint density at radius 1 is 1.10 bits per heavy atom. The molecule has 0 heterocycles. The SMILES string of the molecule is Cc1cc(O)ccc1NC(=O)Nc1ccc([S@@](C)=O)cc1. The van der Waals surface area contributed by atoms with Crippen molar-refractivity contribution in [2.45, 2.75) is 11.8 Å². The van der Waals surface area contributed by atoms with Gasteiger partial charge >= 0.3 is 6.03 Å². The summed E-state index contributed by atoms with van der Waals surface area (Å²) in [5.41, 5.74) is 2.00. The molecule has 3 N–H and O–H groups in total. The molecule has 0 bridgehead atoms. The molecule has 2 amide bonds. The monoisotopic (exact) mass is 304 g/mol. The molecule has 0 aliphatic heterocycles. The van der Waals surface area contributed by atoms with E-state index in [4.69, 9.17) is 0 Å². The lowest BCUT2D eigenvalue weighted by atomic mass is 10.2. The Morgan fingerprint density at radius 3 is 2.33 bits per heavy atom. The van der Waals surface area contributed by atoms with E-state index in [1.54, 1.807) is 49.6 Å². The van der Waals surface area contributed by atoms with Crippen molar-refractivity contribution in [2.75, 3.05) is 16.9 Å². The summed E-state index contributed by atoms with van der Waals surface area (Å²) in [6.07, 6.45) is 1.60. The average molecular weight is 304 g/mol. The number of hydrogen-bond donors (Lipinski definition) is 3. The molecular weight excluding hydrogens is 288 g/mol. The van der Waals surface area contributed by atoms with Crippen LogP contribution in [0.3, 0.4) is 0 Å². The fourth-order valence-corrected chi connectivity index (χ4v) is 2.32. The first-order chi connectivity index (χ1) is 9.95. The highest BCUT2D eigenvalue weighted by molar-refractivity contribution is 7.84. The standard InChI is InChI=1S/C15H16N2O3S/c1-10-9-12(18)5-8-14(10)17-15(19)16-11-3-6-13(7-4-11)21(2)20/h3-9,18H,1-2H3,(H2,16,17,19)/t21-/m1/s1. The number of phenolic OH excluding ortho intramolecular Hbond substituents is 1. The first-order valence-electron chi connectivity index (χ1n) is 6.27. The van der Waals surface area contributed by atoms with E-state index in [1.165, 1.54) is 6.07 Å². The van der Waals surface area contributed by atoms with Gasteiger partial charge in [-0.1, -0.05) is 0 Å². The minimum Gasteiger partial charge on any atom is -0.508 e. The van der Waals surface area contributed by atoms with Crippen LogP contribution in [0.25, 0.3) is 0 Å². The number of benzene rings is 2. The number of amides is 2. The van der Waals surface area contributed by atoms with Crippen LogP contribution in [0.4, 0.5) is 16.2 Å². The lowest BCUT2D eigenvalue weighted by Crippen LogP contribution is -2.19. The zero-order chi connectivity index (χ0) is 15.4. The van der Waals surface area contributed by atoms with Crippen LogP contribution in [0.15, 0.2) is 47.4 Å². The molecule has 2 rings (SSSR count).